The molecule has 5 heteroatoms. The summed E-state index contributed by atoms with van der Waals surface area (Å²) in [6.45, 7) is 3.11. The van der Waals surface area contributed by atoms with E-state index in [-0.39, 0.29) is 5.91 Å². The van der Waals surface area contributed by atoms with Gasteiger partial charge in [-0.2, -0.15) is 0 Å². The topological polar surface area (TPSA) is 54.5 Å². The van der Waals surface area contributed by atoms with Crippen molar-refractivity contribution in [2.75, 3.05) is 31.2 Å². The lowest BCUT2D eigenvalue weighted by atomic mass is 10.2. The number of nitrogens with zero attached hydrogens (tertiary/aromatic N) is 2. The molecule has 96 valence electrons. The van der Waals surface area contributed by atoms with Gasteiger partial charge in [0, 0.05) is 30.9 Å². The van der Waals surface area contributed by atoms with Gasteiger partial charge in [-0.15, -0.1) is 0 Å². The largest absolute Gasteiger partial charge is 0.378 e. The third-order valence-corrected chi connectivity index (χ3v) is 3.26. The summed E-state index contributed by atoms with van der Waals surface area (Å²) in [6.07, 6.45) is 3.91. The fourth-order valence-electron chi connectivity index (χ4n) is 2.02. The first kappa shape index (κ1) is 11.5. The van der Waals surface area contributed by atoms with Crippen LogP contribution in [0, 0.1) is 0 Å². The molecule has 1 saturated heterocycles. The zero-order valence-corrected chi connectivity index (χ0v) is 10.3. The summed E-state index contributed by atoms with van der Waals surface area (Å²) < 4.78 is 5.31. The molecular formula is C13H17N3O2. The molecule has 1 aliphatic heterocycles. The zero-order chi connectivity index (χ0) is 12.4. The van der Waals surface area contributed by atoms with E-state index in [4.69, 9.17) is 4.74 Å². The predicted octanol–water partition coefficient (Wildman–Crippen LogP) is 0.810. The van der Waals surface area contributed by atoms with Crippen molar-refractivity contribution in [2.24, 2.45) is 0 Å². The molecule has 1 aliphatic carbocycles. The first-order chi connectivity index (χ1) is 8.83. The second-order valence-corrected chi connectivity index (χ2v) is 4.75. The van der Waals surface area contributed by atoms with Crippen LogP contribution in [0.2, 0.25) is 0 Å². The van der Waals surface area contributed by atoms with Gasteiger partial charge < -0.3 is 15.0 Å². The number of hydrogen-bond acceptors (Lipinski definition) is 4. The molecule has 0 bridgehead atoms. The second kappa shape index (κ2) is 4.94. The predicted molar refractivity (Wildman–Crippen MR) is 67.8 cm³/mol. The van der Waals surface area contributed by atoms with Crippen LogP contribution in [0.4, 0.5) is 5.82 Å². The van der Waals surface area contributed by atoms with Crippen LogP contribution < -0.4 is 10.2 Å². The van der Waals surface area contributed by atoms with Crippen LogP contribution in [0.3, 0.4) is 0 Å². The number of anilines is 1. The van der Waals surface area contributed by atoms with Crippen LogP contribution in [-0.2, 0) is 4.74 Å². The Balaban J connectivity index is 1.72. The number of nitrogens with one attached hydrogen (secondary N) is 1. The van der Waals surface area contributed by atoms with Gasteiger partial charge in [-0.05, 0) is 25.0 Å². The van der Waals surface area contributed by atoms with Crippen LogP contribution in [0.1, 0.15) is 23.2 Å². The number of carbonyl (C=O) groups is 1. The van der Waals surface area contributed by atoms with Crippen LogP contribution in [-0.4, -0.2) is 43.2 Å². The van der Waals surface area contributed by atoms with Gasteiger partial charge in [0.1, 0.15) is 5.82 Å². The summed E-state index contributed by atoms with van der Waals surface area (Å²) in [4.78, 5) is 18.4. The maximum Gasteiger partial charge on any atom is 0.251 e. The van der Waals surface area contributed by atoms with Gasteiger partial charge >= 0.3 is 0 Å². The highest BCUT2D eigenvalue weighted by Crippen LogP contribution is 2.20. The van der Waals surface area contributed by atoms with Crippen molar-refractivity contribution in [2.45, 2.75) is 18.9 Å². The fraction of sp³-hybridized carbons (Fsp3) is 0.538. The van der Waals surface area contributed by atoms with E-state index in [1.807, 2.05) is 6.07 Å². The molecule has 3 rings (SSSR count). The summed E-state index contributed by atoms with van der Waals surface area (Å²) in [7, 11) is 0. The van der Waals surface area contributed by atoms with Crippen molar-refractivity contribution in [1.29, 1.82) is 0 Å². The highest BCUT2D eigenvalue weighted by atomic mass is 16.5. The Kier molecular flexibility index (Phi) is 3.15. The quantitative estimate of drug-likeness (QED) is 0.859. The highest BCUT2D eigenvalue weighted by Gasteiger charge is 2.24. The minimum Gasteiger partial charge on any atom is -0.378 e. The van der Waals surface area contributed by atoms with Gasteiger partial charge in [0.2, 0.25) is 0 Å². The van der Waals surface area contributed by atoms with Gasteiger partial charge in [-0.3, -0.25) is 4.79 Å². The minimum atomic E-state index is 0.00871. The molecule has 18 heavy (non-hydrogen) atoms. The Morgan fingerprint density at radius 1 is 1.39 bits per heavy atom. The maximum absolute atomic E-state index is 11.9. The summed E-state index contributed by atoms with van der Waals surface area (Å²) in [5, 5.41) is 2.99. The van der Waals surface area contributed by atoms with E-state index < -0.39 is 0 Å². The van der Waals surface area contributed by atoms with E-state index in [0.717, 1.165) is 45.0 Å². The number of pyridine rings is 1. The molecule has 0 spiro atoms. The van der Waals surface area contributed by atoms with Crippen molar-refractivity contribution in [3.8, 4) is 0 Å². The van der Waals surface area contributed by atoms with Gasteiger partial charge in [0.15, 0.2) is 0 Å². The number of carbonyl (C=O) groups excluding carboxylic acids is 1. The molecule has 2 heterocycles. The molecule has 2 aliphatic rings. The standard InChI is InChI=1S/C13H17N3O2/c17-13(15-11-1-2-11)10-3-4-14-12(9-10)16-5-7-18-8-6-16/h3-4,9,11H,1-2,5-8H2,(H,15,17). The van der Waals surface area contributed by atoms with Crippen molar-refractivity contribution in [1.82, 2.24) is 10.3 Å². The molecule has 0 radical (unpaired) electrons. The molecule has 1 amide bonds. The Morgan fingerprint density at radius 2 is 2.17 bits per heavy atom. The minimum absolute atomic E-state index is 0.00871. The SMILES string of the molecule is O=C(NC1CC1)c1ccnc(N2CCOCC2)c1. The van der Waals surface area contributed by atoms with Crippen LogP contribution in [0.15, 0.2) is 18.3 Å². The summed E-state index contributed by atoms with van der Waals surface area (Å²) in [5.41, 5.74) is 0.693. The molecule has 0 unspecified atom stereocenters. The third kappa shape index (κ3) is 2.61. The smallest absolute Gasteiger partial charge is 0.251 e. The summed E-state index contributed by atoms with van der Waals surface area (Å²) >= 11 is 0. The molecule has 1 aromatic heterocycles. The van der Waals surface area contributed by atoms with Crippen molar-refractivity contribution >= 4 is 11.7 Å². The maximum atomic E-state index is 11.9. The number of morpholine rings is 1. The summed E-state index contributed by atoms with van der Waals surface area (Å²) in [5.74, 6) is 0.871. The average molecular weight is 247 g/mol. The number of aromatic nitrogens is 1. The van der Waals surface area contributed by atoms with E-state index in [1.165, 1.54) is 0 Å². The molecule has 5 nitrogen and oxygen atoms in total. The normalized spacial score (nSPS) is 19.7. The lowest BCUT2D eigenvalue weighted by Gasteiger charge is -2.27. The number of rotatable bonds is 3. The van der Waals surface area contributed by atoms with Crippen molar-refractivity contribution in [3.05, 3.63) is 23.9 Å². The molecular weight excluding hydrogens is 230 g/mol. The Labute approximate surface area is 106 Å². The molecule has 0 atom stereocenters. The Morgan fingerprint density at radius 3 is 2.89 bits per heavy atom. The van der Waals surface area contributed by atoms with E-state index in [1.54, 1.807) is 12.3 Å². The van der Waals surface area contributed by atoms with Crippen LogP contribution in [0.5, 0.6) is 0 Å². The monoisotopic (exact) mass is 247 g/mol. The lowest BCUT2D eigenvalue weighted by molar-refractivity contribution is 0.0951. The first-order valence-corrected chi connectivity index (χ1v) is 6.42. The zero-order valence-electron chi connectivity index (χ0n) is 10.3. The van der Waals surface area contributed by atoms with Crippen LogP contribution >= 0.6 is 0 Å². The van der Waals surface area contributed by atoms with Crippen LogP contribution in [0.25, 0.3) is 0 Å². The number of hydrogen-bond donors (Lipinski definition) is 1. The van der Waals surface area contributed by atoms with Crippen molar-refractivity contribution in [3.63, 3.8) is 0 Å². The van der Waals surface area contributed by atoms with E-state index in [9.17, 15) is 4.79 Å². The Bertz CT molecular complexity index is 440. The van der Waals surface area contributed by atoms with E-state index in [0.29, 0.717) is 11.6 Å². The second-order valence-electron chi connectivity index (χ2n) is 4.75. The number of ether oxygens (including phenoxy) is 1. The van der Waals surface area contributed by atoms with Gasteiger partial charge in [0.05, 0.1) is 13.2 Å². The van der Waals surface area contributed by atoms with Gasteiger partial charge in [0.25, 0.3) is 5.91 Å². The third-order valence-electron chi connectivity index (χ3n) is 3.26. The number of amides is 1. The highest BCUT2D eigenvalue weighted by molar-refractivity contribution is 5.95. The van der Waals surface area contributed by atoms with Gasteiger partial charge in [-0.25, -0.2) is 4.98 Å². The van der Waals surface area contributed by atoms with Gasteiger partial charge in [-0.1, -0.05) is 0 Å². The molecule has 0 aromatic carbocycles. The van der Waals surface area contributed by atoms with E-state index in [2.05, 4.69) is 15.2 Å². The van der Waals surface area contributed by atoms with E-state index >= 15 is 0 Å². The summed E-state index contributed by atoms with van der Waals surface area (Å²) in [6, 6.07) is 4.02. The molecule has 2 fully saturated rings. The fourth-order valence-corrected chi connectivity index (χ4v) is 2.02. The molecule has 1 saturated carbocycles. The Hall–Kier alpha value is -1.62. The molecule has 1 aromatic rings. The first-order valence-electron chi connectivity index (χ1n) is 6.42. The molecule has 1 N–H and O–H groups in total. The van der Waals surface area contributed by atoms with Crippen molar-refractivity contribution < 1.29 is 9.53 Å². The lowest BCUT2D eigenvalue weighted by Crippen LogP contribution is -2.37. The average Bonchev–Trinajstić information content (AvgIpc) is 3.24.